The topological polar surface area (TPSA) is 37.3 Å². The van der Waals surface area contributed by atoms with E-state index in [1.807, 2.05) is 53.4 Å². The van der Waals surface area contributed by atoms with Crippen molar-refractivity contribution in [2.75, 3.05) is 10.2 Å². The molecule has 1 aliphatic heterocycles. The van der Waals surface area contributed by atoms with Crippen molar-refractivity contribution in [3.8, 4) is 0 Å². The first-order valence-electron chi connectivity index (χ1n) is 10.5. The third-order valence-corrected chi connectivity index (χ3v) is 6.54. The smallest absolute Gasteiger partial charge is 0.262 e. The van der Waals surface area contributed by atoms with E-state index in [1.54, 1.807) is 0 Å². The first kappa shape index (κ1) is 19.0. The fourth-order valence-electron chi connectivity index (χ4n) is 4.71. The van der Waals surface area contributed by atoms with Crippen LogP contribution >= 0.6 is 11.6 Å². The first-order chi connectivity index (χ1) is 15.6. The van der Waals surface area contributed by atoms with E-state index >= 15 is 0 Å². The van der Waals surface area contributed by atoms with Gasteiger partial charge in [-0.05, 0) is 60.2 Å². The monoisotopic (exact) mass is 437 g/mol. The maximum absolute atomic E-state index is 13.6. The highest BCUT2D eigenvalue weighted by Crippen LogP contribution is 2.39. The molecule has 5 aromatic rings. The van der Waals surface area contributed by atoms with Crippen LogP contribution in [-0.2, 0) is 7.05 Å². The number of nitrogens with zero attached hydrogens (tertiary/aromatic N) is 2. The number of hydrogen-bond donors (Lipinski definition) is 1. The van der Waals surface area contributed by atoms with Crippen molar-refractivity contribution in [3.05, 3.63) is 107 Å². The molecule has 1 aliphatic rings. The number of carbonyl (C=O) groups is 1. The lowest BCUT2D eigenvalue weighted by atomic mass is 10.0. The van der Waals surface area contributed by atoms with Crippen molar-refractivity contribution in [1.29, 1.82) is 0 Å². The van der Waals surface area contributed by atoms with Crippen LogP contribution in [0, 0.1) is 0 Å². The standard InChI is InChI=1S/C27H20ClN3O/c1-30-24-9-5-3-6-20(24)22-16-17(10-15-25(22)30)26-29-23-8-4-2-7-21(23)27(32)31(26)19-13-11-18(28)12-14-19/h2-16,26,29H,1H3/t26-/m0/s1. The summed E-state index contributed by atoms with van der Waals surface area (Å²) in [4.78, 5) is 15.4. The van der Waals surface area contributed by atoms with Gasteiger partial charge < -0.3 is 9.88 Å². The molecule has 1 atom stereocenters. The van der Waals surface area contributed by atoms with Crippen molar-refractivity contribution < 1.29 is 4.79 Å². The lowest BCUT2D eigenvalue weighted by molar-refractivity contribution is 0.0975. The number of anilines is 2. The maximum atomic E-state index is 13.6. The van der Waals surface area contributed by atoms with E-state index in [1.165, 1.54) is 16.3 Å². The molecule has 0 bridgehead atoms. The van der Waals surface area contributed by atoms with Gasteiger partial charge in [-0.2, -0.15) is 0 Å². The summed E-state index contributed by atoms with van der Waals surface area (Å²) in [7, 11) is 2.09. The molecule has 4 aromatic carbocycles. The summed E-state index contributed by atoms with van der Waals surface area (Å²) >= 11 is 6.12. The van der Waals surface area contributed by atoms with Gasteiger partial charge in [0.25, 0.3) is 5.91 Å². The predicted molar refractivity (Wildman–Crippen MR) is 131 cm³/mol. The molecule has 0 aliphatic carbocycles. The Kier molecular flexibility index (Phi) is 4.23. The Balaban J connectivity index is 1.56. The Hall–Kier alpha value is -3.76. The molecule has 156 valence electrons. The van der Waals surface area contributed by atoms with E-state index in [2.05, 4.69) is 59.4 Å². The van der Waals surface area contributed by atoms with Crippen LogP contribution in [-0.4, -0.2) is 10.5 Å². The molecule has 6 rings (SSSR count). The minimum atomic E-state index is -0.345. The van der Waals surface area contributed by atoms with Gasteiger partial charge in [0.15, 0.2) is 0 Å². The number of amides is 1. The van der Waals surface area contributed by atoms with Gasteiger partial charge in [-0.1, -0.05) is 48.0 Å². The lowest BCUT2D eigenvalue weighted by Gasteiger charge is -2.38. The van der Waals surface area contributed by atoms with E-state index in [-0.39, 0.29) is 12.1 Å². The number of carbonyl (C=O) groups excluding carboxylic acids is 1. The average Bonchev–Trinajstić information content (AvgIpc) is 3.11. The number of fused-ring (bicyclic) bond motifs is 4. The molecule has 32 heavy (non-hydrogen) atoms. The fraction of sp³-hybridized carbons (Fsp3) is 0.0741. The summed E-state index contributed by atoms with van der Waals surface area (Å²) in [5.41, 5.74) is 5.66. The normalized spacial score (nSPS) is 15.8. The average molecular weight is 438 g/mol. The molecule has 0 radical (unpaired) electrons. The van der Waals surface area contributed by atoms with E-state index in [0.717, 1.165) is 22.5 Å². The molecule has 0 fully saturated rings. The third-order valence-electron chi connectivity index (χ3n) is 6.28. The highest BCUT2D eigenvalue weighted by Gasteiger charge is 2.34. The number of aromatic nitrogens is 1. The Labute approximate surface area is 190 Å². The van der Waals surface area contributed by atoms with Gasteiger partial charge in [-0.15, -0.1) is 0 Å². The Morgan fingerprint density at radius 1 is 0.812 bits per heavy atom. The largest absolute Gasteiger partial charge is 0.360 e. The molecule has 0 saturated carbocycles. The second-order valence-electron chi connectivity index (χ2n) is 8.10. The number of aryl methyl sites for hydroxylation is 1. The Morgan fingerprint density at radius 3 is 2.38 bits per heavy atom. The first-order valence-corrected chi connectivity index (χ1v) is 10.9. The number of hydrogen-bond acceptors (Lipinski definition) is 2. The van der Waals surface area contributed by atoms with E-state index in [9.17, 15) is 4.79 Å². The molecule has 0 saturated heterocycles. The van der Waals surface area contributed by atoms with Crippen molar-refractivity contribution >= 4 is 50.7 Å². The van der Waals surface area contributed by atoms with Crippen LogP contribution in [0.1, 0.15) is 22.1 Å². The zero-order valence-electron chi connectivity index (χ0n) is 17.4. The summed E-state index contributed by atoms with van der Waals surface area (Å²) in [6, 6.07) is 29.9. The molecular weight excluding hydrogens is 418 g/mol. The van der Waals surface area contributed by atoms with Gasteiger partial charge in [-0.25, -0.2) is 0 Å². The highest BCUT2D eigenvalue weighted by molar-refractivity contribution is 6.30. The van der Waals surface area contributed by atoms with Crippen LogP contribution in [0.4, 0.5) is 11.4 Å². The summed E-state index contributed by atoms with van der Waals surface area (Å²) in [5.74, 6) is -0.0373. The Morgan fingerprint density at radius 2 is 1.53 bits per heavy atom. The SMILES string of the molecule is Cn1c2ccccc2c2cc([C@H]3Nc4ccccc4C(=O)N3c3ccc(Cl)cc3)ccc21. The van der Waals surface area contributed by atoms with Gasteiger partial charge in [-0.3, -0.25) is 9.69 Å². The van der Waals surface area contributed by atoms with Gasteiger partial charge in [0.2, 0.25) is 0 Å². The third kappa shape index (κ3) is 2.80. The quantitative estimate of drug-likeness (QED) is 0.331. The van der Waals surface area contributed by atoms with E-state index in [4.69, 9.17) is 11.6 Å². The van der Waals surface area contributed by atoms with Crippen molar-refractivity contribution in [1.82, 2.24) is 4.57 Å². The van der Waals surface area contributed by atoms with Crippen LogP contribution in [0.15, 0.2) is 91.0 Å². The predicted octanol–water partition coefficient (Wildman–Crippen LogP) is 6.76. The van der Waals surface area contributed by atoms with Crippen LogP contribution < -0.4 is 10.2 Å². The van der Waals surface area contributed by atoms with Crippen molar-refractivity contribution in [2.24, 2.45) is 7.05 Å². The summed E-state index contributed by atoms with van der Waals surface area (Å²) < 4.78 is 2.21. The molecule has 4 nitrogen and oxygen atoms in total. The van der Waals surface area contributed by atoms with Gasteiger partial charge >= 0.3 is 0 Å². The number of rotatable bonds is 2. The molecule has 0 spiro atoms. The van der Waals surface area contributed by atoms with Gasteiger partial charge in [0, 0.05) is 45.3 Å². The molecule has 0 unspecified atom stereocenters. The zero-order valence-corrected chi connectivity index (χ0v) is 18.2. The number of para-hydroxylation sites is 2. The fourth-order valence-corrected chi connectivity index (χ4v) is 4.84. The minimum absolute atomic E-state index is 0.0373. The van der Waals surface area contributed by atoms with Crippen molar-refractivity contribution in [2.45, 2.75) is 6.17 Å². The van der Waals surface area contributed by atoms with Crippen molar-refractivity contribution in [3.63, 3.8) is 0 Å². The molecule has 1 N–H and O–H groups in total. The minimum Gasteiger partial charge on any atom is -0.360 e. The second kappa shape index (κ2) is 7.14. The van der Waals surface area contributed by atoms with Crippen LogP contribution in [0.25, 0.3) is 21.8 Å². The summed E-state index contributed by atoms with van der Waals surface area (Å²) in [6.45, 7) is 0. The number of nitrogens with one attached hydrogen (secondary N) is 1. The maximum Gasteiger partial charge on any atom is 0.262 e. The van der Waals surface area contributed by atoms with E-state index in [0.29, 0.717) is 10.6 Å². The van der Waals surface area contributed by atoms with Gasteiger partial charge in [0.1, 0.15) is 6.17 Å². The van der Waals surface area contributed by atoms with Crippen LogP contribution in [0.5, 0.6) is 0 Å². The molecule has 1 amide bonds. The molecular formula is C27H20ClN3O. The van der Waals surface area contributed by atoms with Crippen LogP contribution in [0.2, 0.25) is 5.02 Å². The lowest BCUT2D eigenvalue weighted by Crippen LogP contribution is -2.43. The summed E-state index contributed by atoms with van der Waals surface area (Å²) in [5, 5.41) is 6.60. The molecule has 5 heteroatoms. The Bertz CT molecular complexity index is 1500. The molecule has 2 heterocycles. The zero-order chi connectivity index (χ0) is 21.8. The van der Waals surface area contributed by atoms with E-state index < -0.39 is 0 Å². The van der Waals surface area contributed by atoms with Crippen LogP contribution in [0.3, 0.4) is 0 Å². The second-order valence-corrected chi connectivity index (χ2v) is 8.53. The number of benzene rings is 4. The molecule has 1 aromatic heterocycles. The van der Waals surface area contributed by atoms with Gasteiger partial charge in [0.05, 0.1) is 5.56 Å². The highest BCUT2D eigenvalue weighted by atomic mass is 35.5. The number of halogens is 1. The summed E-state index contributed by atoms with van der Waals surface area (Å²) in [6.07, 6.45) is -0.345.